The lowest BCUT2D eigenvalue weighted by Crippen LogP contribution is -2.56. The van der Waals surface area contributed by atoms with Crippen LogP contribution in [0.2, 0.25) is 0 Å². The van der Waals surface area contributed by atoms with Gasteiger partial charge in [-0.05, 0) is 44.2 Å². The largest absolute Gasteiger partial charge is 0.480 e. The van der Waals surface area contributed by atoms with Gasteiger partial charge in [-0.15, -0.1) is 0 Å². The molecule has 3 rings (SSSR count). The molecular formula is C29H43N7O8. The molecule has 1 aromatic rings. The summed E-state index contributed by atoms with van der Waals surface area (Å²) in [6.07, 6.45) is 1.29. The van der Waals surface area contributed by atoms with Crippen molar-refractivity contribution in [2.24, 2.45) is 11.5 Å². The quantitative estimate of drug-likeness (QED) is 0.102. The lowest BCUT2D eigenvalue weighted by atomic mass is 10.0. The molecular weight excluding hydrogens is 574 g/mol. The molecule has 2 fully saturated rings. The molecule has 0 aromatic heterocycles. The molecule has 15 heteroatoms. The number of aliphatic hydroxyl groups is 1. The fourth-order valence-electron chi connectivity index (χ4n) is 5.55. The number of rotatable bonds is 15. The number of unbranched alkanes of at least 4 members (excludes halogenated alkanes) is 1. The van der Waals surface area contributed by atoms with E-state index < -0.39 is 72.3 Å². The molecule has 2 heterocycles. The van der Waals surface area contributed by atoms with Crippen LogP contribution in [0.15, 0.2) is 30.3 Å². The lowest BCUT2D eigenvalue weighted by Gasteiger charge is -2.29. The molecule has 2 aliphatic heterocycles. The molecule has 0 aliphatic carbocycles. The SMILES string of the molecule is NCCCC[C@H](NC(=O)[C@@H]1CCCN1C(=O)CNC(=O)[C@@H]1C[C@@H](O)CN1C(=O)[C@H](Cc1ccccc1)NC(=O)CN)C(=O)O. The maximum absolute atomic E-state index is 13.6. The minimum atomic E-state index is -1.18. The summed E-state index contributed by atoms with van der Waals surface area (Å²) in [4.78, 5) is 78.9. The van der Waals surface area contributed by atoms with Crippen LogP contribution < -0.4 is 27.4 Å². The molecule has 0 spiro atoms. The Balaban J connectivity index is 1.62. The number of aliphatic hydroxyl groups excluding tert-OH is 1. The lowest BCUT2D eigenvalue weighted by molar-refractivity contribution is -0.144. The summed E-state index contributed by atoms with van der Waals surface area (Å²) in [6.45, 7) is -0.283. The number of β-amino-alcohol motifs (C(OH)–C–C–N with tert-alkyl or cyclic N) is 1. The zero-order valence-corrected chi connectivity index (χ0v) is 24.7. The second-order valence-electron chi connectivity index (χ2n) is 11.1. The Kier molecular flexibility index (Phi) is 13.0. The van der Waals surface area contributed by atoms with Crippen LogP contribution in [0.25, 0.3) is 0 Å². The van der Waals surface area contributed by atoms with Crippen LogP contribution in [0.5, 0.6) is 0 Å². The number of carbonyl (C=O) groups excluding carboxylic acids is 5. The number of hydrogen-bond donors (Lipinski definition) is 7. The van der Waals surface area contributed by atoms with Crippen molar-refractivity contribution >= 4 is 35.5 Å². The van der Waals surface area contributed by atoms with Gasteiger partial charge in [0.15, 0.2) is 0 Å². The second kappa shape index (κ2) is 16.7. The van der Waals surface area contributed by atoms with Crippen molar-refractivity contribution in [2.75, 3.05) is 32.7 Å². The van der Waals surface area contributed by atoms with Gasteiger partial charge < -0.3 is 47.4 Å². The van der Waals surface area contributed by atoms with Gasteiger partial charge in [0.25, 0.3) is 0 Å². The number of likely N-dealkylation sites (tertiary alicyclic amines) is 2. The summed E-state index contributed by atoms with van der Waals surface area (Å²) in [7, 11) is 0. The van der Waals surface area contributed by atoms with Crippen molar-refractivity contribution < 1.29 is 39.0 Å². The molecule has 242 valence electrons. The van der Waals surface area contributed by atoms with Gasteiger partial charge in [-0.25, -0.2) is 4.79 Å². The minimum Gasteiger partial charge on any atom is -0.480 e. The zero-order chi connectivity index (χ0) is 32.2. The highest BCUT2D eigenvalue weighted by Gasteiger charge is 2.42. The average Bonchev–Trinajstić information content (AvgIpc) is 3.66. The molecule has 9 N–H and O–H groups in total. The normalized spacial score (nSPS) is 20.9. The minimum absolute atomic E-state index is 0.0653. The standard InChI is InChI=1S/C29H43N7O8/c30-11-5-4-9-20(29(43)44)34-27(41)22-10-6-12-35(22)25(39)16-32-26(40)23-14-19(37)17-36(23)28(42)21(33-24(38)15-31)13-18-7-2-1-3-8-18/h1-3,7-8,19-23,37H,4-6,9-17,30-31H2,(H,32,40)(H,33,38)(H,34,41)(H,43,44)/t19-,20+,21+,22+,23+/m1/s1. The van der Waals surface area contributed by atoms with E-state index in [0.29, 0.717) is 32.2 Å². The maximum atomic E-state index is 13.6. The highest BCUT2D eigenvalue weighted by atomic mass is 16.4. The summed E-state index contributed by atoms with van der Waals surface area (Å²) in [5.74, 6) is -4.10. The molecule has 5 amide bonds. The van der Waals surface area contributed by atoms with E-state index in [1.165, 1.54) is 9.80 Å². The summed E-state index contributed by atoms with van der Waals surface area (Å²) in [6, 6.07) is 4.85. The van der Waals surface area contributed by atoms with E-state index in [0.717, 1.165) is 5.56 Å². The van der Waals surface area contributed by atoms with Gasteiger partial charge in [0.1, 0.15) is 24.2 Å². The molecule has 0 radical (unpaired) electrons. The van der Waals surface area contributed by atoms with Crippen LogP contribution >= 0.6 is 0 Å². The van der Waals surface area contributed by atoms with Crippen LogP contribution in [-0.4, -0.2) is 119 Å². The van der Waals surface area contributed by atoms with Crippen LogP contribution in [-0.2, 0) is 35.2 Å². The van der Waals surface area contributed by atoms with Gasteiger partial charge in [-0.2, -0.15) is 0 Å². The molecule has 44 heavy (non-hydrogen) atoms. The first kappa shape index (κ1) is 34.4. The fourth-order valence-corrected chi connectivity index (χ4v) is 5.55. The smallest absolute Gasteiger partial charge is 0.326 e. The summed E-state index contributed by atoms with van der Waals surface area (Å²) < 4.78 is 0. The van der Waals surface area contributed by atoms with Gasteiger partial charge in [-0.3, -0.25) is 24.0 Å². The Labute approximate surface area is 255 Å². The number of carboxylic acids is 1. The van der Waals surface area contributed by atoms with E-state index in [-0.39, 0.29) is 38.9 Å². The Morgan fingerprint density at radius 2 is 1.66 bits per heavy atom. The Bertz CT molecular complexity index is 1180. The third-order valence-electron chi connectivity index (χ3n) is 7.82. The van der Waals surface area contributed by atoms with Crippen molar-refractivity contribution in [3.05, 3.63) is 35.9 Å². The van der Waals surface area contributed by atoms with E-state index in [1.807, 2.05) is 6.07 Å². The molecule has 0 unspecified atom stereocenters. The molecule has 5 atom stereocenters. The van der Waals surface area contributed by atoms with Crippen LogP contribution in [0.1, 0.15) is 44.1 Å². The molecule has 0 bridgehead atoms. The third-order valence-corrected chi connectivity index (χ3v) is 7.82. The van der Waals surface area contributed by atoms with Crippen LogP contribution in [0.4, 0.5) is 0 Å². The number of nitrogens with two attached hydrogens (primary N) is 2. The van der Waals surface area contributed by atoms with E-state index in [2.05, 4.69) is 16.0 Å². The van der Waals surface area contributed by atoms with Gasteiger partial charge in [0.2, 0.25) is 29.5 Å². The molecule has 2 saturated heterocycles. The third kappa shape index (κ3) is 9.46. The number of nitrogens with one attached hydrogen (secondary N) is 3. The van der Waals surface area contributed by atoms with Gasteiger partial charge in [0.05, 0.1) is 19.2 Å². The molecule has 15 nitrogen and oxygen atoms in total. The van der Waals surface area contributed by atoms with Gasteiger partial charge in [-0.1, -0.05) is 30.3 Å². The number of carboxylic acid groups (broad SMARTS) is 1. The maximum Gasteiger partial charge on any atom is 0.326 e. The second-order valence-corrected chi connectivity index (χ2v) is 11.1. The number of nitrogens with zero attached hydrogens (tertiary/aromatic N) is 2. The van der Waals surface area contributed by atoms with E-state index in [9.17, 15) is 39.0 Å². The summed E-state index contributed by atoms with van der Waals surface area (Å²) >= 11 is 0. The van der Waals surface area contributed by atoms with E-state index in [4.69, 9.17) is 11.5 Å². The van der Waals surface area contributed by atoms with E-state index in [1.54, 1.807) is 24.3 Å². The Morgan fingerprint density at radius 3 is 2.32 bits per heavy atom. The van der Waals surface area contributed by atoms with E-state index >= 15 is 0 Å². The van der Waals surface area contributed by atoms with Crippen molar-refractivity contribution in [2.45, 2.75) is 75.2 Å². The highest BCUT2D eigenvalue weighted by Crippen LogP contribution is 2.21. The summed E-state index contributed by atoms with van der Waals surface area (Å²) in [5.41, 5.74) is 11.7. The predicted octanol–water partition coefficient (Wildman–Crippen LogP) is -2.56. The first-order valence-electron chi connectivity index (χ1n) is 14.9. The predicted molar refractivity (Wildman–Crippen MR) is 157 cm³/mol. The van der Waals surface area contributed by atoms with Crippen molar-refractivity contribution in [1.29, 1.82) is 0 Å². The Hall–Kier alpha value is -4.08. The molecule has 0 saturated carbocycles. The first-order valence-corrected chi connectivity index (χ1v) is 14.9. The van der Waals surface area contributed by atoms with Gasteiger partial charge >= 0.3 is 5.97 Å². The average molecular weight is 618 g/mol. The van der Waals surface area contributed by atoms with Crippen molar-refractivity contribution in [3.63, 3.8) is 0 Å². The molecule has 1 aromatic carbocycles. The first-order chi connectivity index (χ1) is 21.0. The number of aliphatic carboxylic acids is 1. The number of amides is 5. The van der Waals surface area contributed by atoms with Crippen LogP contribution in [0.3, 0.4) is 0 Å². The number of carbonyl (C=O) groups is 6. The van der Waals surface area contributed by atoms with Crippen molar-refractivity contribution in [1.82, 2.24) is 25.8 Å². The Morgan fingerprint density at radius 1 is 0.932 bits per heavy atom. The zero-order valence-electron chi connectivity index (χ0n) is 24.7. The molecule has 2 aliphatic rings. The van der Waals surface area contributed by atoms with Crippen LogP contribution in [0, 0.1) is 0 Å². The van der Waals surface area contributed by atoms with Crippen molar-refractivity contribution in [3.8, 4) is 0 Å². The topological polar surface area (TPSA) is 237 Å². The fraction of sp³-hybridized carbons (Fsp3) is 0.586. The monoisotopic (exact) mass is 617 g/mol. The summed E-state index contributed by atoms with van der Waals surface area (Å²) in [5, 5.41) is 27.5. The highest BCUT2D eigenvalue weighted by molar-refractivity contribution is 5.95. The number of hydrogen-bond acceptors (Lipinski definition) is 9. The number of benzene rings is 1. The van der Waals surface area contributed by atoms with Gasteiger partial charge in [0, 0.05) is 25.9 Å².